The second-order valence-corrected chi connectivity index (χ2v) is 29.1. The first-order valence-corrected chi connectivity index (χ1v) is 32.2. The molecule has 2 aliphatic heterocycles. The molecule has 0 fully saturated rings. The van der Waals surface area contributed by atoms with E-state index >= 15 is 0 Å². The van der Waals surface area contributed by atoms with Crippen LogP contribution in [0.25, 0.3) is 44.2 Å². The summed E-state index contributed by atoms with van der Waals surface area (Å²) in [5, 5.41) is 3.24. The second-order valence-electron chi connectivity index (χ2n) is 29.1. The first-order valence-electron chi connectivity index (χ1n) is 32.2. The van der Waals surface area contributed by atoms with E-state index in [0.29, 0.717) is 0 Å². The number of benzene rings is 11. The molecule has 0 atom stereocenters. The van der Waals surface area contributed by atoms with Gasteiger partial charge in [-0.1, -0.05) is 204 Å². The van der Waals surface area contributed by atoms with Gasteiger partial charge in [-0.3, -0.25) is 0 Å². The largest absolute Gasteiger partial charge is 0.456 e. The molecule has 0 saturated carbocycles. The number of hydrogen-bond acceptors (Lipinski definition) is 6. The molecule has 0 N–H and O–H groups in total. The quantitative estimate of drug-likeness (QED) is 0.134. The first-order chi connectivity index (χ1) is 43.6. The van der Waals surface area contributed by atoms with Gasteiger partial charge in [0.25, 0.3) is 6.71 Å². The molecule has 91 heavy (non-hydrogen) atoms. The Labute approximate surface area is 536 Å². The summed E-state index contributed by atoms with van der Waals surface area (Å²) in [6.45, 7) is 27.5. The van der Waals surface area contributed by atoms with Crippen LogP contribution in [0.2, 0.25) is 0 Å². The number of anilines is 12. The molecule has 0 amide bonds. The van der Waals surface area contributed by atoms with Gasteiger partial charge in [0.05, 0.1) is 11.4 Å². The van der Waals surface area contributed by atoms with E-state index < -0.39 is 0 Å². The highest BCUT2D eigenvalue weighted by Crippen LogP contribution is 2.51. The van der Waals surface area contributed by atoms with Crippen molar-refractivity contribution in [1.29, 1.82) is 0 Å². The van der Waals surface area contributed by atoms with Crippen LogP contribution in [-0.2, 0) is 21.7 Å². The number of nitrogens with zero attached hydrogens (tertiary/aromatic N) is 4. The Morgan fingerprint density at radius 1 is 0.330 bits per heavy atom. The minimum Gasteiger partial charge on any atom is -0.456 e. The van der Waals surface area contributed by atoms with Crippen LogP contribution in [0.5, 0.6) is 0 Å². The van der Waals surface area contributed by atoms with Crippen molar-refractivity contribution in [1.82, 2.24) is 0 Å². The first kappa shape index (κ1) is 57.5. The normalized spacial score (nSPS) is 13.2. The van der Waals surface area contributed by atoms with Crippen LogP contribution in [0.4, 0.5) is 68.2 Å². The van der Waals surface area contributed by atoms with Crippen LogP contribution < -0.4 is 36.0 Å². The van der Waals surface area contributed by atoms with Gasteiger partial charge in [0.1, 0.15) is 16.9 Å². The standard InChI is InChI=1S/C84H77BN4O2/c1-81(2,3)56-31-40-61(41-32-56)86(62-42-33-57(34-43-62)82(4,5)6)66-52-74-79-75(53-66)89(63-38-29-54(30-39-63)78-49-55-21-16-18-27-76(55)90-78)73-51-65(87(60-22-14-13-15-23-60)72-26-20-25-68-67-24-17-19-28-77(67)91-80(68)72)46-47-69(73)85(79)70-50-59(84(10,11)12)37-48-71(70)88(74)64-44-35-58(36-45-64)83(7,8)9/h13-53H,1-12H3. The van der Waals surface area contributed by atoms with E-state index in [-0.39, 0.29) is 28.4 Å². The van der Waals surface area contributed by atoms with Crippen molar-refractivity contribution < 1.29 is 8.83 Å². The van der Waals surface area contributed by atoms with Gasteiger partial charge in [0.2, 0.25) is 0 Å². The van der Waals surface area contributed by atoms with E-state index in [9.17, 15) is 0 Å². The molecule has 448 valence electrons. The Hall–Kier alpha value is -9.98. The maximum absolute atomic E-state index is 6.91. The molecular formula is C84H77BN4O2. The van der Waals surface area contributed by atoms with Gasteiger partial charge in [-0.2, -0.15) is 0 Å². The Morgan fingerprint density at radius 2 is 0.824 bits per heavy atom. The number of furan rings is 2. The summed E-state index contributed by atoms with van der Waals surface area (Å²) in [4.78, 5) is 9.96. The number of para-hydroxylation sites is 4. The van der Waals surface area contributed by atoms with Crippen molar-refractivity contribution in [3.05, 3.63) is 271 Å². The zero-order valence-corrected chi connectivity index (χ0v) is 54.4. The third kappa shape index (κ3) is 10.1. The average Bonchev–Trinajstić information content (AvgIpc) is 1.16. The van der Waals surface area contributed by atoms with Crippen molar-refractivity contribution in [2.45, 2.75) is 105 Å². The van der Waals surface area contributed by atoms with Crippen molar-refractivity contribution in [2.75, 3.05) is 19.6 Å². The Balaban J connectivity index is 1.05. The predicted octanol–water partition coefficient (Wildman–Crippen LogP) is 22.2. The summed E-state index contributed by atoms with van der Waals surface area (Å²) >= 11 is 0. The maximum Gasteiger partial charge on any atom is 0.252 e. The predicted molar refractivity (Wildman–Crippen MR) is 387 cm³/mol. The van der Waals surface area contributed by atoms with Gasteiger partial charge in [-0.05, 0) is 188 Å². The highest BCUT2D eigenvalue weighted by molar-refractivity contribution is 7.00. The van der Waals surface area contributed by atoms with E-state index in [1.54, 1.807) is 0 Å². The smallest absolute Gasteiger partial charge is 0.252 e. The van der Waals surface area contributed by atoms with Crippen LogP contribution >= 0.6 is 0 Å². The monoisotopic (exact) mass is 1180 g/mol. The summed E-state index contributed by atoms with van der Waals surface area (Å²) in [6, 6.07) is 92.4. The summed E-state index contributed by atoms with van der Waals surface area (Å²) in [5.74, 6) is 0.830. The fourth-order valence-electron chi connectivity index (χ4n) is 13.9. The third-order valence-corrected chi connectivity index (χ3v) is 18.9. The van der Waals surface area contributed by atoms with Gasteiger partial charge in [-0.25, -0.2) is 0 Å². The molecule has 2 aliphatic rings. The van der Waals surface area contributed by atoms with Gasteiger partial charge in [-0.15, -0.1) is 0 Å². The molecule has 0 unspecified atom stereocenters. The molecule has 0 radical (unpaired) electrons. The summed E-state index contributed by atoms with van der Waals surface area (Å²) in [5.41, 5.74) is 24.9. The third-order valence-electron chi connectivity index (χ3n) is 18.9. The lowest BCUT2D eigenvalue weighted by atomic mass is 9.33. The Bertz CT molecular complexity index is 4830. The second kappa shape index (κ2) is 21.3. The lowest BCUT2D eigenvalue weighted by Gasteiger charge is -2.45. The maximum atomic E-state index is 6.91. The van der Waals surface area contributed by atoms with E-state index in [4.69, 9.17) is 8.83 Å². The van der Waals surface area contributed by atoms with Crippen LogP contribution in [0, 0.1) is 0 Å². The van der Waals surface area contributed by atoms with Crippen LogP contribution in [0.15, 0.2) is 258 Å². The molecule has 0 saturated heterocycles. The Kier molecular flexibility index (Phi) is 13.5. The molecular weight excluding hydrogens is 1110 g/mol. The lowest BCUT2D eigenvalue weighted by Crippen LogP contribution is -2.61. The minimum absolute atomic E-state index is 0.0343. The van der Waals surface area contributed by atoms with Crippen LogP contribution in [0.3, 0.4) is 0 Å². The highest BCUT2D eigenvalue weighted by atomic mass is 16.3. The van der Waals surface area contributed by atoms with Gasteiger partial charge in [0, 0.05) is 78.6 Å². The van der Waals surface area contributed by atoms with Crippen molar-refractivity contribution >= 4 is 124 Å². The highest BCUT2D eigenvalue weighted by Gasteiger charge is 2.45. The fraction of sp³-hybridized carbons (Fsp3) is 0.190. The summed E-state index contributed by atoms with van der Waals surface area (Å²) in [7, 11) is 0. The molecule has 13 aromatic rings. The molecule has 0 spiro atoms. The SMILES string of the molecule is CC(C)(C)c1ccc(N(c2ccc(C(C)(C)C)cc2)c2cc3c4c(c2)N(c2ccc(-c5cc6ccccc6o5)cc2)c2cc(N(c5ccccc5)c5cccc6c5oc5ccccc56)ccc2B4c2cc(C(C)(C)C)ccc2N3c2ccc(C(C)(C)C)cc2)cc1. The zero-order chi connectivity index (χ0) is 62.9. The van der Waals surface area contributed by atoms with E-state index in [1.807, 2.05) is 12.1 Å². The molecule has 11 aromatic carbocycles. The molecule has 0 bridgehead atoms. The van der Waals surface area contributed by atoms with E-state index in [0.717, 1.165) is 112 Å². The molecule has 4 heterocycles. The molecule has 0 aliphatic carbocycles. The lowest BCUT2D eigenvalue weighted by molar-refractivity contribution is 0.590. The molecule has 15 rings (SSSR count). The Morgan fingerprint density at radius 3 is 1.43 bits per heavy atom. The van der Waals surface area contributed by atoms with E-state index in [2.05, 4.69) is 339 Å². The fourth-order valence-corrected chi connectivity index (χ4v) is 13.9. The summed E-state index contributed by atoms with van der Waals surface area (Å²) < 4.78 is 13.5. The number of hydrogen-bond donors (Lipinski definition) is 0. The van der Waals surface area contributed by atoms with E-state index in [1.165, 1.54) is 38.6 Å². The zero-order valence-electron chi connectivity index (χ0n) is 54.4. The van der Waals surface area contributed by atoms with Crippen molar-refractivity contribution in [2.24, 2.45) is 0 Å². The molecule has 2 aromatic heterocycles. The van der Waals surface area contributed by atoms with Crippen LogP contribution in [0.1, 0.15) is 105 Å². The summed E-state index contributed by atoms with van der Waals surface area (Å²) in [6.07, 6.45) is 0. The van der Waals surface area contributed by atoms with Crippen molar-refractivity contribution in [3.63, 3.8) is 0 Å². The molecule has 6 nitrogen and oxygen atoms in total. The van der Waals surface area contributed by atoms with Gasteiger partial charge in [0.15, 0.2) is 5.58 Å². The minimum atomic E-state index is -0.175. The molecule has 7 heteroatoms. The average molecular weight is 1190 g/mol. The van der Waals surface area contributed by atoms with Crippen LogP contribution in [-0.4, -0.2) is 6.71 Å². The van der Waals surface area contributed by atoms with Gasteiger partial charge >= 0.3 is 0 Å². The topological polar surface area (TPSA) is 39.2 Å². The number of rotatable bonds is 9. The number of fused-ring (bicyclic) bond motifs is 8. The van der Waals surface area contributed by atoms with Gasteiger partial charge < -0.3 is 28.4 Å². The van der Waals surface area contributed by atoms with Crippen molar-refractivity contribution in [3.8, 4) is 11.3 Å².